The van der Waals surface area contributed by atoms with Crippen LogP contribution in [0.3, 0.4) is 0 Å². The first-order valence-electron chi connectivity index (χ1n) is 16.8. The lowest BCUT2D eigenvalue weighted by Crippen LogP contribution is -2.25. The highest BCUT2D eigenvalue weighted by Crippen LogP contribution is 2.30. The molecule has 0 radical (unpaired) electrons. The highest BCUT2D eigenvalue weighted by Gasteiger charge is 2.36. The summed E-state index contributed by atoms with van der Waals surface area (Å²) in [7, 11) is 0. The lowest BCUT2D eigenvalue weighted by atomic mass is 10.00. The van der Waals surface area contributed by atoms with Gasteiger partial charge in [0.15, 0.2) is 0 Å². The van der Waals surface area contributed by atoms with Crippen molar-refractivity contribution in [1.29, 1.82) is 0 Å². The molecule has 1 heterocycles. The zero-order valence-electron chi connectivity index (χ0n) is 26.2. The molecule has 234 valence electrons. The maximum absolute atomic E-state index is 11.9. The molecule has 1 saturated heterocycles. The number of hydrogen-bond acceptors (Lipinski definition) is 6. The second-order valence-electron chi connectivity index (χ2n) is 11.9. The van der Waals surface area contributed by atoms with Crippen LogP contribution in [-0.4, -0.2) is 48.6 Å². The average molecular weight is 567 g/mol. The Balaban J connectivity index is 1.85. The Labute approximate surface area is 246 Å². The van der Waals surface area contributed by atoms with Gasteiger partial charge in [-0.05, 0) is 44.4 Å². The fourth-order valence-electron chi connectivity index (χ4n) is 4.89. The van der Waals surface area contributed by atoms with Crippen LogP contribution in [0.15, 0.2) is 12.2 Å². The number of ether oxygens (including phenoxy) is 3. The van der Waals surface area contributed by atoms with E-state index < -0.39 is 6.10 Å². The average Bonchev–Trinajstić information content (AvgIpc) is 3.70. The molecular formula is C34H62O6. The molecule has 0 aliphatic carbocycles. The second kappa shape index (κ2) is 25.3. The second-order valence-corrected chi connectivity index (χ2v) is 11.9. The molecule has 1 aliphatic rings. The summed E-state index contributed by atoms with van der Waals surface area (Å²) in [4.78, 5) is 23.8. The predicted octanol–water partition coefficient (Wildman–Crippen LogP) is 8.63. The van der Waals surface area contributed by atoms with E-state index in [4.69, 9.17) is 14.2 Å². The van der Waals surface area contributed by atoms with Crippen molar-refractivity contribution in [2.75, 3.05) is 13.2 Å². The van der Waals surface area contributed by atoms with E-state index in [9.17, 15) is 14.7 Å². The first-order chi connectivity index (χ1) is 19.5. The maximum Gasteiger partial charge on any atom is 0.305 e. The maximum atomic E-state index is 11.9. The van der Waals surface area contributed by atoms with Crippen LogP contribution in [0.5, 0.6) is 0 Å². The fourth-order valence-corrected chi connectivity index (χ4v) is 4.89. The zero-order valence-corrected chi connectivity index (χ0v) is 26.2. The van der Waals surface area contributed by atoms with Crippen molar-refractivity contribution in [2.45, 2.75) is 174 Å². The molecule has 0 aromatic rings. The molecule has 1 fully saturated rings. The minimum atomic E-state index is -0.968. The summed E-state index contributed by atoms with van der Waals surface area (Å²) in [5.41, 5.74) is 0. The van der Waals surface area contributed by atoms with Gasteiger partial charge in [-0.3, -0.25) is 9.59 Å². The largest absolute Gasteiger partial charge is 0.463 e. The van der Waals surface area contributed by atoms with Gasteiger partial charge in [0.2, 0.25) is 0 Å². The molecule has 4 atom stereocenters. The van der Waals surface area contributed by atoms with Crippen LogP contribution in [0.2, 0.25) is 0 Å². The molecule has 40 heavy (non-hydrogen) atoms. The minimum Gasteiger partial charge on any atom is -0.463 e. The van der Waals surface area contributed by atoms with Crippen LogP contribution in [0, 0.1) is 5.92 Å². The number of rotatable bonds is 28. The molecule has 0 spiro atoms. The van der Waals surface area contributed by atoms with Gasteiger partial charge >= 0.3 is 11.9 Å². The third-order valence-corrected chi connectivity index (χ3v) is 7.96. The van der Waals surface area contributed by atoms with Crippen molar-refractivity contribution in [2.24, 2.45) is 5.92 Å². The predicted molar refractivity (Wildman–Crippen MR) is 163 cm³/mol. The number of epoxide rings is 1. The monoisotopic (exact) mass is 566 g/mol. The number of carbonyl (C=O) groups excluding carboxylic acids is 2. The van der Waals surface area contributed by atoms with Crippen molar-refractivity contribution in [1.82, 2.24) is 0 Å². The third kappa shape index (κ3) is 22.3. The Morgan fingerprint density at radius 2 is 1.32 bits per heavy atom. The Morgan fingerprint density at radius 1 is 0.750 bits per heavy atom. The highest BCUT2D eigenvalue weighted by molar-refractivity contribution is 5.69. The van der Waals surface area contributed by atoms with Gasteiger partial charge in [0.05, 0.1) is 12.2 Å². The van der Waals surface area contributed by atoms with Gasteiger partial charge in [0.25, 0.3) is 0 Å². The number of hydrogen-bond donors (Lipinski definition) is 1. The van der Waals surface area contributed by atoms with E-state index in [2.05, 4.69) is 32.9 Å². The smallest absolute Gasteiger partial charge is 0.305 e. The van der Waals surface area contributed by atoms with E-state index in [1.165, 1.54) is 70.6 Å². The first-order valence-corrected chi connectivity index (χ1v) is 16.8. The van der Waals surface area contributed by atoms with E-state index >= 15 is 0 Å². The van der Waals surface area contributed by atoms with Crippen molar-refractivity contribution in [3.63, 3.8) is 0 Å². The minimum absolute atomic E-state index is 0.122. The molecule has 3 unspecified atom stereocenters. The summed E-state index contributed by atoms with van der Waals surface area (Å²) >= 11 is 0. The van der Waals surface area contributed by atoms with Gasteiger partial charge in [-0.1, -0.05) is 116 Å². The summed E-state index contributed by atoms with van der Waals surface area (Å²) in [6, 6.07) is 0. The number of aliphatic hydroxyl groups is 1. The fraction of sp³-hybridized carbons (Fsp3) is 0.882. The summed E-state index contributed by atoms with van der Waals surface area (Å²) in [6.45, 7) is 6.54. The molecule has 1 rings (SSSR count). The summed E-state index contributed by atoms with van der Waals surface area (Å²) < 4.78 is 16.0. The van der Waals surface area contributed by atoms with Gasteiger partial charge in [-0.2, -0.15) is 0 Å². The van der Waals surface area contributed by atoms with Crippen LogP contribution in [0.25, 0.3) is 0 Å². The lowest BCUT2D eigenvalue weighted by molar-refractivity contribution is -0.152. The Morgan fingerprint density at radius 3 is 1.93 bits per heavy atom. The molecule has 0 bridgehead atoms. The molecular weight excluding hydrogens is 504 g/mol. The number of unbranched alkanes of at least 4 members (excludes halogenated alkanes) is 12. The van der Waals surface area contributed by atoms with Crippen molar-refractivity contribution in [3.8, 4) is 0 Å². The van der Waals surface area contributed by atoms with Crippen molar-refractivity contribution < 1.29 is 28.9 Å². The zero-order chi connectivity index (χ0) is 29.3. The number of esters is 2. The summed E-state index contributed by atoms with van der Waals surface area (Å²) in [6.07, 6.45) is 27.2. The van der Waals surface area contributed by atoms with Crippen LogP contribution >= 0.6 is 0 Å². The molecule has 0 aromatic heterocycles. The summed E-state index contributed by atoms with van der Waals surface area (Å²) in [5.74, 6) is 0.238. The number of carbonyl (C=O) groups is 2. The van der Waals surface area contributed by atoms with Crippen molar-refractivity contribution >= 4 is 11.9 Å². The first kappa shape index (κ1) is 36.6. The molecule has 0 aromatic carbocycles. The molecule has 6 heteroatoms. The van der Waals surface area contributed by atoms with E-state index in [1.54, 1.807) is 0 Å². The SMILES string of the molecule is CCCCCC1OC1C/C=C\CCCCCCCC(=O)OC[C@@H](O)COC(=O)CCCCCCCCC(C)CC. The van der Waals surface area contributed by atoms with E-state index in [0.29, 0.717) is 25.0 Å². The van der Waals surface area contributed by atoms with Gasteiger partial charge in [0.1, 0.15) is 19.3 Å². The van der Waals surface area contributed by atoms with E-state index in [1.807, 2.05) is 0 Å². The van der Waals surface area contributed by atoms with E-state index in [0.717, 1.165) is 57.3 Å². The molecule has 1 N–H and O–H groups in total. The van der Waals surface area contributed by atoms with Gasteiger partial charge in [-0.15, -0.1) is 0 Å². The Kier molecular flexibility index (Phi) is 23.2. The lowest BCUT2D eigenvalue weighted by Gasteiger charge is -2.12. The molecule has 1 aliphatic heterocycles. The van der Waals surface area contributed by atoms with Crippen LogP contribution in [0.1, 0.15) is 156 Å². The third-order valence-electron chi connectivity index (χ3n) is 7.96. The van der Waals surface area contributed by atoms with E-state index in [-0.39, 0.29) is 25.2 Å². The molecule has 0 saturated carbocycles. The number of allylic oxidation sites excluding steroid dienone is 1. The highest BCUT2D eigenvalue weighted by atomic mass is 16.6. The molecule has 6 nitrogen and oxygen atoms in total. The van der Waals surface area contributed by atoms with Crippen LogP contribution < -0.4 is 0 Å². The van der Waals surface area contributed by atoms with Crippen LogP contribution in [0.4, 0.5) is 0 Å². The topological polar surface area (TPSA) is 85.4 Å². The number of aliphatic hydroxyl groups excluding tert-OH is 1. The van der Waals surface area contributed by atoms with Gasteiger partial charge in [0, 0.05) is 12.8 Å². The molecule has 0 amide bonds. The van der Waals surface area contributed by atoms with Crippen LogP contribution in [-0.2, 0) is 23.8 Å². The standard InChI is InChI=1S/C34H62O6/c1-4-6-17-23-31-32(40-31)24-19-14-9-7-8-10-15-20-25-33(36)38-27-30(35)28-39-34(37)26-21-16-12-11-13-18-22-29(3)5-2/h14,19,29-32,35H,4-13,15-18,20-28H2,1-3H3/b19-14-/t29?,30-,31?,32?/m1/s1. The van der Waals surface area contributed by atoms with Gasteiger partial charge in [-0.25, -0.2) is 0 Å². The summed E-state index contributed by atoms with van der Waals surface area (Å²) in [5, 5.41) is 9.95. The normalized spacial score (nSPS) is 18.1. The van der Waals surface area contributed by atoms with Crippen molar-refractivity contribution in [3.05, 3.63) is 12.2 Å². The Hall–Kier alpha value is -1.40. The van der Waals surface area contributed by atoms with Gasteiger partial charge < -0.3 is 19.3 Å². The quantitative estimate of drug-likeness (QED) is 0.0441. The Bertz CT molecular complexity index is 648.